The molecule has 0 saturated heterocycles. The lowest BCUT2D eigenvalue weighted by molar-refractivity contribution is -0.682. The van der Waals surface area contributed by atoms with Gasteiger partial charge in [-0.3, -0.25) is 4.79 Å². The molecule has 0 bridgehead atoms. The highest BCUT2D eigenvalue weighted by atomic mass is 19.3. The summed E-state index contributed by atoms with van der Waals surface area (Å²) in [5.41, 5.74) is 1.19. The Morgan fingerprint density at radius 2 is 1.85 bits per heavy atom. The number of alkyl halides is 2. The maximum absolute atomic E-state index is 13.7. The molecule has 0 spiro atoms. The summed E-state index contributed by atoms with van der Waals surface area (Å²) in [4.78, 5) is 11.9. The van der Waals surface area contributed by atoms with Crippen LogP contribution in [0.15, 0.2) is 42.5 Å². The van der Waals surface area contributed by atoms with Crippen LogP contribution in [-0.2, 0) is 11.2 Å². The van der Waals surface area contributed by atoms with Crippen molar-refractivity contribution < 1.29 is 32.4 Å². The minimum Gasteiger partial charge on any atom is -0.435 e. The van der Waals surface area contributed by atoms with Gasteiger partial charge in [0.2, 0.25) is 0 Å². The Hall–Kier alpha value is -2.61. The number of nitrogens with one attached hydrogen (secondary N) is 1. The van der Waals surface area contributed by atoms with E-state index in [0.29, 0.717) is 18.5 Å². The van der Waals surface area contributed by atoms with Gasteiger partial charge >= 0.3 is 6.61 Å². The molecular weight excluding hydrogens is 364 g/mol. The summed E-state index contributed by atoms with van der Waals surface area (Å²) in [5.74, 6) is -1.43. The number of nitrogens with two attached hydrogens (primary N) is 1. The largest absolute Gasteiger partial charge is 0.435 e. The minimum atomic E-state index is -2.86. The van der Waals surface area contributed by atoms with Gasteiger partial charge in [-0.05, 0) is 43.2 Å². The number of benzene rings is 2. The van der Waals surface area contributed by atoms with Gasteiger partial charge in [-0.25, -0.2) is 8.78 Å². The molecule has 4 nitrogen and oxygen atoms in total. The fourth-order valence-electron chi connectivity index (χ4n) is 2.54. The van der Waals surface area contributed by atoms with E-state index in [9.17, 15) is 22.4 Å². The first kappa shape index (κ1) is 20.7. The molecule has 27 heavy (non-hydrogen) atoms. The molecule has 0 saturated carbocycles. The van der Waals surface area contributed by atoms with E-state index in [0.717, 1.165) is 11.6 Å². The summed E-state index contributed by atoms with van der Waals surface area (Å²) >= 11 is 0. The van der Waals surface area contributed by atoms with Crippen LogP contribution < -0.4 is 15.4 Å². The molecule has 146 valence electrons. The summed E-state index contributed by atoms with van der Waals surface area (Å²) in [7, 11) is 0. The van der Waals surface area contributed by atoms with Crippen molar-refractivity contribution >= 4 is 5.91 Å². The second kappa shape index (κ2) is 9.91. The van der Waals surface area contributed by atoms with Gasteiger partial charge in [0, 0.05) is 18.2 Å². The molecule has 0 aliphatic rings. The van der Waals surface area contributed by atoms with Crippen molar-refractivity contribution in [3.05, 3.63) is 65.2 Å². The van der Waals surface area contributed by atoms with Gasteiger partial charge in [0.05, 0.1) is 0 Å². The van der Waals surface area contributed by atoms with Gasteiger partial charge < -0.3 is 15.4 Å². The van der Waals surface area contributed by atoms with Crippen molar-refractivity contribution in [1.29, 1.82) is 0 Å². The smallest absolute Gasteiger partial charge is 0.387 e. The van der Waals surface area contributed by atoms with Crippen molar-refractivity contribution in [2.24, 2.45) is 0 Å². The highest BCUT2D eigenvalue weighted by Gasteiger charge is 2.16. The molecular formula is C19H21F4N2O2+. The standard InChI is InChI=1S/C19H20F4N2O2/c1-12(16-7-4-14(20)10-17(16)21)25-11-18(26)24-9-8-13-2-5-15(6-3-13)27-19(22)23/h2-7,10,12,19,25H,8-9,11H2,1H3,(H,24,26)/p+1/t12-/m1/s1. The third kappa shape index (κ3) is 6.90. The fourth-order valence-corrected chi connectivity index (χ4v) is 2.54. The molecule has 0 radical (unpaired) electrons. The zero-order valence-electron chi connectivity index (χ0n) is 14.7. The maximum atomic E-state index is 13.7. The van der Waals surface area contributed by atoms with E-state index in [4.69, 9.17) is 0 Å². The third-order valence-electron chi connectivity index (χ3n) is 3.99. The predicted octanol–water partition coefficient (Wildman–Crippen LogP) is 2.55. The van der Waals surface area contributed by atoms with Crippen molar-refractivity contribution in [3.63, 3.8) is 0 Å². The summed E-state index contributed by atoms with van der Waals surface area (Å²) in [6.07, 6.45) is 0.531. The third-order valence-corrected chi connectivity index (χ3v) is 3.99. The van der Waals surface area contributed by atoms with Crippen LogP contribution >= 0.6 is 0 Å². The van der Waals surface area contributed by atoms with E-state index in [2.05, 4.69) is 10.1 Å². The molecule has 1 amide bonds. The van der Waals surface area contributed by atoms with Gasteiger partial charge in [-0.15, -0.1) is 0 Å². The Kier molecular flexibility index (Phi) is 7.60. The van der Waals surface area contributed by atoms with Crippen LogP contribution in [0.1, 0.15) is 24.1 Å². The van der Waals surface area contributed by atoms with Gasteiger partial charge in [0.1, 0.15) is 23.4 Å². The summed E-state index contributed by atoms with van der Waals surface area (Å²) in [5, 5.41) is 4.39. The lowest BCUT2D eigenvalue weighted by Crippen LogP contribution is -2.87. The Labute approximate surface area is 154 Å². The van der Waals surface area contributed by atoms with Crippen LogP contribution in [-0.4, -0.2) is 25.6 Å². The van der Waals surface area contributed by atoms with Gasteiger partial charge in [-0.1, -0.05) is 12.1 Å². The average molecular weight is 385 g/mol. The van der Waals surface area contributed by atoms with Crippen molar-refractivity contribution in [2.75, 3.05) is 13.1 Å². The molecule has 1 atom stereocenters. The van der Waals surface area contributed by atoms with Gasteiger partial charge in [-0.2, -0.15) is 8.78 Å². The molecule has 0 aliphatic heterocycles. The zero-order chi connectivity index (χ0) is 19.8. The summed E-state index contributed by atoms with van der Waals surface area (Å²) in [6, 6.07) is 9.21. The molecule has 3 N–H and O–H groups in total. The zero-order valence-corrected chi connectivity index (χ0v) is 14.7. The van der Waals surface area contributed by atoms with Gasteiger partial charge in [0.15, 0.2) is 6.54 Å². The number of hydrogen-bond acceptors (Lipinski definition) is 2. The number of carbonyl (C=O) groups is 1. The van der Waals surface area contributed by atoms with Crippen molar-refractivity contribution in [3.8, 4) is 5.75 Å². The van der Waals surface area contributed by atoms with E-state index < -0.39 is 18.2 Å². The molecule has 8 heteroatoms. The van der Waals surface area contributed by atoms with E-state index in [1.54, 1.807) is 24.4 Å². The lowest BCUT2D eigenvalue weighted by atomic mass is 10.1. The van der Waals surface area contributed by atoms with E-state index in [1.165, 1.54) is 24.3 Å². The van der Waals surface area contributed by atoms with Gasteiger partial charge in [0.25, 0.3) is 5.91 Å². The number of ether oxygens (including phenoxy) is 1. The van der Waals surface area contributed by atoms with Crippen molar-refractivity contribution in [1.82, 2.24) is 5.32 Å². The van der Waals surface area contributed by atoms with E-state index >= 15 is 0 Å². The summed E-state index contributed by atoms with van der Waals surface area (Å²) < 4.78 is 55.1. The second-order valence-electron chi connectivity index (χ2n) is 6.02. The van der Waals surface area contributed by atoms with E-state index in [-0.39, 0.29) is 24.2 Å². The molecule has 0 heterocycles. The number of quaternary nitrogens is 1. The molecule has 2 aromatic rings. The molecule has 2 aromatic carbocycles. The first-order valence-corrected chi connectivity index (χ1v) is 8.44. The Morgan fingerprint density at radius 1 is 1.15 bits per heavy atom. The maximum Gasteiger partial charge on any atom is 0.387 e. The van der Waals surface area contributed by atoms with Crippen LogP contribution in [0.2, 0.25) is 0 Å². The normalized spacial score (nSPS) is 12.1. The Morgan fingerprint density at radius 3 is 2.48 bits per heavy atom. The highest BCUT2D eigenvalue weighted by molar-refractivity contribution is 5.76. The summed E-state index contributed by atoms with van der Waals surface area (Å²) in [6.45, 7) is -0.663. The SMILES string of the molecule is C[C@@H]([NH2+]CC(=O)NCCc1ccc(OC(F)F)cc1)c1ccc(F)cc1F. The fraction of sp³-hybridized carbons (Fsp3) is 0.316. The quantitative estimate of drug-likeness (QED) is 0.652. The molecule has 0 aliphatic carbocycles. The number of hydrogen-bond donors (Lipinski definition) is 2. The van der Waals surface area contributed by atoms with Crippen molar-refractivity contribution in [2.45, 2.75) is 26.0 Å². The molecule has 0 fully saturated rings. The van der Waals surface area contributed by atoms with Crippen LogP contribution in [0, 0.1) is 11.6 Å². The number of amides is 1. The molecule has 2 rings (SSSR count). The molecule has 0 unspecified atom stereocenters. The number of rotatable bonds is 9. The Balaban J connectivity index is 1.71. The highest BCUT2D eigenvalue weighted by Crippen LogP contribution is 2.15. The average Bonchev–Trinajstić information content (AvgIpc) is 2.61. The monoisotopic (exact) mass is 385 g/mol. The molecule has 0 aromatic heterocycles. The number of carbonyl (C=O) groups excluding carboxylic acids is 1. The minimum absolute atomic E-state index is 0.0781. The van der Waals surface area contributed by atoms with Crippen LogP contribution in [0.25, 0.3) is 0 Å². The van der Waals surface area contributed by atoms with Crippen LogP contribution in [0.5, 0.6) is 5.75 Å². The Bertz CT molecular complexity index is 754. The second-order valence-corrected chi connectivity index (χ2v) is 6.02. The lowest BCUT2D eigenvalue weighted by Gasteiger charge is -2.12. The first-order valence-electron chi connectivity index (χ1n) is 8.44. The van der Waals surface area contributed by atoms with Crippen LogP contribution in [0.4, 0.5) is 17.6 Å². The predicted molar refractivity (Wildman–Crippen MR) is 91.4 cm³/mol. The number of halogens is 4. The van der Waals surface area contributed by atoms with E-state index in [1.807, 2.05) is 0 Å². The first-order chi connectivity index (χ1) is 12.8. The topological polar surface area (TPSA) is 54.9 Å². The van der Waals surface area contributed by atoms with Crippen LogP contribution in [0.3, 0.4) is 0 Å².